The lowest BCUT2D eigenvalue weighted by molar-refractivity contribution is 0.265. The van der Waals surface area contributed by atoms with Crippen LogP contribution < -0.4 is 4.74 Å². The van der Waals surface area contributed by atoms with Gasteiger partial charge in [0.2, 0.25) is 10.0 Å². The summed E-state index contributed by atoms with van der Waals surface area (Å²) in [6, 6.07) is 21.6. The first-order valence-electron chi connectivity index (χ1n) is 13.7. The minimum Gasteiger partial charge on any atom is -0.489 e. The summed E-state index contributed by atoms with van der Waals surface area (Å²) in [5.74, 6) is 0.768. The van der Waals surface area contributed by atoms with Crippen LogP contribution in [0.2, 0.25) is 0 Å². The molecule has 38 heavy (non-hydrogen) atoms. The Morgan fingerprint density at radius 2 is 1.45 bits per heavy atom. The van der Waals surface area contributed by atoms with E-state index in [4.69, 9.17) is 4.74 Å². The lowest BCUT2D eigenvalue weighted by Gasteiger charge is -2.30. The third-order valence-corrected chi connectivity index (χ3v) is 9.43. The maximum atomic E-state index is 14.2. The third kappa shape index (κ3) is 7.92. The quantitative estimate of drug-likeness (QED) is 0.225. The summed E-state index contributed by atoms with van der Waals surface area (Å²) in [4.78, 5) is 2.81. The Morgan fingerprint density at radius 1 is 0.842 bits per heavy atom. The van der Waals surface area contributed by atoms with E-state index in [2.05, 4.69) is 18.7 Å². The van der Waals surface area contributed by atoms with Crippen LogP contribution >= 0.6 is 0 Å². The van der Waals surface area contributed by atoms with E-state index in [1.165, 1.54) is 0 Å². The predicted octanol–water partition coefficient (Wildman–Crippen LogP) is 6.89. The van der Waals surface area contributed by atoms with Gasteiger partial charge in [-0.2, -0.15) is 4.31 Å². The molecular formula is C32H44N2O3S. The Bertz CT molecular complexity index is 1230. The summed E-state index contributed by atoms with van der Waals surface area (Å²) >= 11 is 0. The van der Waals surface area contributed by atoms with Crippen molar-refractivity contribution >= 4 is 10.0 Å². The van der Waals surface area contributed by atoms with Crippen LogP contribution in [0.1, 0.15) is 61.4 Å². The monoisotopic (exact) mass is 536 g/mol. The van der Waals surface area contributed by atoms with E-state index < -0.39 is 10.0 Å². The van der Waals surface area contributed by atoms with Gasteiger partial charge in [-0.3, -0.25) is 0 Å². The zero-order valence-corrected chi connectivity index (χ0v) is 24.7. The molecular weight excluding hydrogens is 492 g/mol. The van der Waals surface area contributed by atoms with E-state index in [9.17, 15) is 8.42 Å². The summed E-state index contributed by atoms with van der Waals surface area (Å²) in [6.07, 6.45) is 1.75. The second-order valence-electron chi connectivity index (χ2n) is 10.2. The normalized spacial score (nSPS) is 12.7. The molecule has 0 N–H and O–H groups in total. The van der Waals surface area contributed by atoms with E-state index in [1.54, 1.807) is 4.31 Å². The standard InChI is InChI=1S/C32H44N2O3S/c1-7-33(8-2)20-12-13-28(6)34(38(35,36)32-26(4)21-25(3)22-27(32)5)23-29-16-18-31(19-17-29)37-24-30-14-10-9-11-15-30/h9-11,14-19,21-22,28H,7-8,12-13,20,23-24H2,1-6H3. The molecule has 6 heteroatoms. The molecule has 0 aliphatic carbocycles. The highest BCUT2D eigenvalue weighted by Gasteiger charge is 2.31. The van der Waals surface area contributed by atoms with Crippen LogP contribution in [0.5, 0.6) is 5.75 Å². The third-order valence-electron chi connectivity index (χ3n) is 7.16. The highest BCUT2D eigenvalue weighted by atomic mass is 32.2. The average molecular weight is 537 g/mol. The molecule has 0 fully saturated rings. The van der Waals surface area contributed by atoms with Crippen molar-refractivity contribution in [2.45, 2.75) is 78.5 Å². The van der Waals surface area contributed by atoms with E-state index in [0.29, 0.717) is 18.0 Å². The van der Waals surface area contributed by atoms with Gasteiger partial charge < -0.3 is 9.64 Å². The number of sulfonamides is 1. The summed E-state index contributed by atoms with van der Waals surface area (Å²) in [7, 11) is -3.71. The lowest BCUT2D eigenvalue weighted by atomic mass is 10.1. The number of nitrogens with zero attached hydrogens (tertiary/aromatic N) is 2. The van der Waals surface area contributed by atoms with E-state index in [0.717, 1.165) is 66.0 Å². The van der Waals surface area contributed by atoms with Crippen LogP contribution in [0.25, 0.3) is 0 Å². The summed E-state index contributed by atoms with van der Waals surface area (Å²) in [5, 5.41) is 0. The Balaban J connectivity index is 1.82. The smallest absolute Gasteiger partial charge is 0.244 e. The molecule has 0 aromatic heterocycles. The van der Waals surface area contributed by atoms with Crippen molar-refractivity contribution in [1.29, 1.82) is 0 Å². The minimum absolute atomic E-state index is 0.135. The predicted molar refractivity (Wildman–Crippen MR) is 157 cm³/mol. The molecule has 0 aliphatic heterocycles. The zero-order valence-electron chi connectivity index (χ0n) is 23.9. The Hall–Kier alpha value is -2.67. The van der Waals surface area contributed by atoms with Gasteiger partial charge in [-0.25, -0.2) is 8.42 Å². The summed E-state index contributed by atoms with van der Waals surface area (Å²) < 4.78 is 35.9. The number of aryl methyl sites for hydroxylation is 3. The molecule has 3 aromatic carbocycles. The molecule has 1 atom stereocenters. The molecule has 0 radical (unpaired) electrons. The van der Waals surface area contributed by atoms with Gasteiger partial charge in [-0.15, -0.1) is 0 Å². The fourth-order valence-electron chi connectivity index (χ4n) is 5.07. The van der Waals surface area contributed by atoms with E-state index in [1.807, 2.05) is 94.4 Å². The van der Waals surface area contributed by atoms with Gasteiger partial charge in [0.1, 0.15) is 12.4 Å². The number of benzene rings is 3. The molecule has 0 bridgehead atoms. The molecule has 1 unspecified atom stereocenters. The van der Waals surface area contributed by atoms with Gasteiger partial charge in [0.15, 0.2) is 0 Å². The molecule has 5 nitrogen and oxygen atoms in total. The maximum absolute atomic E-state index is 14.2. The molecule has 206 valence electrons. The van der Waals surface area contributed by atoms with Crippen molar-refractivity contribution in [2.24, 2.45) is 0 Å². The molecule has 3 rings (SSSR count). The van der Waals surface area contributed by atoms with Gasteiger partial charge in [0.05, 0.1) is 4.90 Å². The van der Waals surface area contributed by atoms with Crippen LogP contribution in [-0.2, 0) is 23.2 Å². The lowest BCUT2D eigenvalue weighted by Crippen LogP contribution is -2.39. The van der Waals surface area contributed by atoms with Gasteiger partial charge in [0, 0.05) is 12.6 Å². The number of rotatable bonds is 14. The van der Waals surface area contributed by atoms with Crippen LogP contribution in [0.4, 0.5) is 0 Å². The Morgan fingerprint density at radius 3 is 2.03 bits per heavy atom. The Labute approximate surface area is 230 Å². The topological polar surface area (TPSA) is 49.9 Å². The van der Waals surface area contributed by atoms with Crippen molar-refractivity contribution in [1.82, 2.24) is 9.21 Å². The first-order chi connectivity index (χ1) is 18.1. The number of hydrogen-bond acceptors (Lipinski definition) is 4. The summed E-state index contributed by atoms with van der Waals surface area (Å²) in [6.45, 7) is 16.0. The second-order valence-corrected chi connectivity index (χ2v) is 12.0. The molecule has 3 aromatic rings. The number of hydrogen-bond donors (Lipinski definition) is 0. The Kier molecular flexibility index (Phi) is 11.0. The second kappa shape index (κ2) is 13.9. The van der Waals surface area contributed by atoms with Gasteiger partial charge in [-0.05, 0) is 94.6 Å². The van der Waals surface area contributed by atoms with E-state index in [-0.39, 0.29) is 6.04 Å². The van der Waals surface area contributed by atoms with Crippen LogP contribution in [-0.4, -0.2) is 43.3 Å². The average Bonchev–Trinajstić information content (AvgIpc) is 2.89. The van der Waals surface area contributed by atoms with Gasteiger partial charge in [-0.1, -0.05) is 74.0 Å². The molecule has 0 heterocycles. The zero-order chi connectivity index (χ0) is 27.7. The highest BCUT2D eigenvalue weighted by Crippen LogP contribution is 2.29. The van der Waals surface area contributed by atoms with Crippen LogP contribution in [0.3, 0.4) is 0 Å². The highest BCUT2D eigenvalue weighted by molar-refractivity contribution is 7.89. The van der Waals surface area contributed by atoms with Crippen LogP contribution in [0.15, 0.2) is 71.6 Å². The summed E-state index contributed by atoms with van der Waals surface area (Å²) in [5.41, 5.74) is 4.72. The van der Waals surface area contributed by atoms with Gasteiger partial charge in [0.25, 0.3) is 0 Å². The fraction of sp³-hybridized carbons (Fsp3) is 0.438. The van der Waals surface area contributed by atoms with Gasteiger partial charge >= 0.3 is 0 Å². The molecule has 0 aliphatic rings. The van der Waals surface area contributed by atoms with Crippen molar-refractivity contribution in [3.05, 3.63) is 94.5 Å². The SMILES string of the molecule is CCN(CC)CCCC(C)N(Cc1ccc(OCc2ccccc2)cc1)S(=O)(=O)c1c(C)cc(C)cc1C. The minimum atomic E-state index is -3.71. The van der Waals surface area contributed by atoms with Crippen molar-refractivity contribution < 1.29 is 13.2 Å². The first-order valence-corrected chi connectivity index (χ1v) is 15.2. The largest absolute Gasteiger partial charge is 0.489 e. The van der Waals surface area contributed by atoms with Crippen molar-refractivity contribution in [2.75, 3.05) is 19.6 Å². The first kappa shape index (κ1) is 29.9. The molecule has 0 amide bonds. The number of ether oxygens (including phenoxy) is 1. The van der Waals surface area contributed by atoms with Crippen LogP contribution in [0, 0.1) is 20.8 Å². The molecule has 0 saturated carbocycles. The van der Waals surface area contributed by atoms with Crippen molar-refractivity contribution in [3.63, 3.8) is 0 Å². The molecule has 0 saturated heterocycles. The van der Waals surface area contributed by atoms with E-state index >= 15 is 0 Å². The fourth-order valence-corrected chi connectivity index (χ4v) is 7.14. The maximum Gasteiger partial charge on any atom is 0.244 e. The van der Waals surface area contributed by atoms with Crippen molar-refractivity contribution in [3.8, 4) is 5.75 Å². The molecule has 0 spiro atoms.